The maximum absolute atomic E-state index is 5.75. The molecule has 0 aliphatic heterocycles. The summed E-state index contributed by atoms with van der Waals surface area (Å²) in [6.45, 7) is 1.74. The van der Waals surface area contributed by atoms with E-state index in [9.17, 15) is 0 Å². The van der Waals surface area contributed by atoms with Crippen LogP contribution in [0.3, 0.4) is 0 Å². The number of nitrogens with one attached hydrogen (secondary N) is 1. The molecule has 0 fully saturated rings. The van der Waals surface area contributed by atoms with Gasteiger partial charge in [-0.1, -0.05) is 31.0 Å². The van der Waals surface area contributed by atoms with Crippen LogP contribution >= 0.6 is 0 Å². The maximum atomic E-state index is 5.75. The van der Waals surface area contributed by atoms with Gasteiger partial charge in [0.15, 0.2) is 0 Å². The Morgan fingerprint density at radius 2 is 1.62 bits per heavy atom. The van der Waals surface area contributed by atoms with Gasteiger partial charge in [-0.2, -0.15) is 0 Å². The van der Waals surface area contributed by atoms with Crippen molar-refractivity contribution >= 4 is 16.6 Å². The molecule has 0 radical (unpaired) electrons. The molecule has 1 aromatic heterocycles. The van der Waals surface area contributed by atoms with Crippen LogP contribution < -0.4 is 14.8 Å². The highest BCUT2D eigenvalue weighted by Gasteiger charge is 2.00. The van der Waals surface area contributed by atoms with Gasteiger partial charge in [-0.25, -0.2) is 0 Å². The van der Waals surface area contributed by atoms with Gasteiger partial charge >= 0.3 is 0 Å². The molecular weight excluding hydrogens is 324 g/mol. The molecular formula is C22H26N2O2. The van der Waals surface area contributed by atoms with E-state index in [0.717, 1.165) is 43.0 Å². The highest BCUT2D eigenvalue weighted by Crippen LogP contribution is 2.21. The van der Waals surface area contributed by atoms with E-state index >= 15 is 0 Å². The summed E-state index contributed by atoms with van der Waals surface area (Å²) in [5, 5.41) is 4.72. The van der Waals surface area contributed by atoms with E-state index in [-0.39, 0.29) is 0 Å². The molecule has 4 nitrogen and oxygen atoms in total. The first-order chi connectivity index (χ1) is 12.9. The van der Waals surface area contributed by atoms with Crippen molar-refractivity contribution in [2.24, 2.45) is 0 Å². The van der Waals surface area contributed by atoms with E-state index in [2.05, 4.69) is 22.4 Å². The van der Waals surface area contributed by atoms with Crippen LogP contribution in [0.1, 0.15) is 25.7 Å². The molecule has 1 heterocycles. The average Bonchev–Trinajstić information content (AvgIpc) is 2.70. The van der Waals surface area contributed by atoms with Crippen molar-refractivity contribution in [1.29, 1.82) is 0 Å². The Morgan fingerprint density at radius 3 is 2.46 bits per heavy atom. The number of fused-ring (bicyclic) bond motifs is 1. The predicted molar refractivity (Wildman–Crippen MR) is 107 cm³/mol. The molecule has 0 saturated carbocycles. The summed E-state index contributed by atoms with van der Waals surface area (Å²) in [5.74, 6) is 1.75. The average molecular weight is 350 g/mol. The Bertz CT molecular complexity index is 797. The zero-order valence-electron chi connectivity index (χ0n) is 15.3. The molecule has 2 aromatic carbocycles. The number of methoxy groups -OCH3 is 1. The number of unbranched alkanes of at least 4 members (excludes halogenated alkanes) is 3. The maximum Gasteiger partial charge on any atom is 0.119 e. The SMILES string of the molecule is COc1ccc(OCCCCCCNc2ccnc3ccccc23)cc1. The molecule has 1 N–H and O–H groups in total. The van der Waals surface area contributed by atoms with Crippen molar-refractivity contribution in [2.75, 3.05) is 25.6 Å². The molecule has 0 saturated heterocycles. The smallest absolute Gasteiger partial charge is 0.119 e. The van der Waals surface area contributed by atoms with Gasteiger partial charge in [0.25, 0.3) is 0 Å². The molecule has 3 rings (SSSR count). The van der Waals surface area contributed by atoms with Gasteiger partial charge in [0.2, 0.25) is 0 Å². The predicted octanol–water partition coefficient (Wildman–Crippen LogP) is 5.29. The molecule has 0 aliphatic rings. The van der Waals surface area contributed by atoms with Crippen LogP contribution in [0.5, 0.6) is 11.5 Å². The van der Waals surface area contributed by atoms with E-state index in [1.54, 1.807) is 7.11 Å². The van der Waals surface area contributed by atoms with Crippen LogP contribution in [0, 0.1) is 0 Å². The first-order valence-corrected chi connectivity index (χ1v) is 9.21. The van der Waals surface area contributed by atoms with Gasteiger partial charge in [0.1, 0.15) is 11.5 Å². The number of nitrogens with zero attached hydrogens (tertiary/aromatic N) is 1. The summed E-state index contributed by atoms with van der Waals surface area (Å²) < 4.78 is 10.9. The third-order valence-corrected chi connectivity index (χ3v) is 4.36. The number of aromatic nitrogens is 1. The van der Waals surface area contributed by atoms with Crippen molar-refractivity contribution < 1.29 is 9.47 Å². The van der Waals surface area contributed by atoms with Crippen molar-refractivity contribution in [3.63, 3.8) is 0 Å². The number of ether oxygens (including phenoxy) is 2. The van der Waals surface area contributed by atoms with E-state index in [4.69, 9.17) is 9.47 Å². The lowest BCUT2D eigenvalue weighted by Gasteiger charge is -2.09. The van der Waals surface area contributed by atoms with E-state index in [1.165, 1.54) is 23.9 Å². The molecule has 0 spiro atoms. The minimum Gasteiger partial charge on any atom is -0.497 e. The Balaban J connectivity index is 1.29. The third-order valence-electron chi connectivity index (χ3n) is 4.36. The monoisotopic (exact) mass is 350 g/mol. The first-order valence-electron chi connectivity index (χ1n) is 9.21. The van der Waals surface area contributed by atoms with Crippen molar-refractivity contribution in [3.8, 4) is 11.5 Å². The molecule has 0 aliphatic carbocycles. The minimum atomic E-state index is 0.759. The molecule has 0 unspecified atom stereocenters. The van der Waals surface area contributed by atoms with Crippen LogP contribution in [0.2, 0.25) is 0 Å². The highest BCUT2D eigenvalue weighted by atomic mass is 16.5. The molecule has 136 valence electrons. The summed E-state index contributed by atoms with van der Waals surface area (Å²) in [5.41, 5.74) is 2.20. The van der Waals surface area contributed by atoms with Gasteiger partial charge < -0.3 is 14.8 Å². The standard InChI is InChI=1S/C22H26N2O2/c1-25-18-10-12-19(13-11-18)26-17-7-3-2-6-15-23-22-14-16-24-21-9-5-4-8-20(21)22/h4-5,8-14,16H,2-3,6-7,15,17H2,1H3,(H,23,24). The number of rotatable bonds is 10. The van der Waals surface area contributed by atoms with Crippen LogP contribution in [0.15, 0.2) is 60.8 Å². The summed E-state index contributed by atoms with van der Waals surface area (Å²) >= 11 is 0. The Labute approximate surface area is 155 Å². The summed E-state index contributed by atoms with van der Waals surface area (Å²) in [7, 11) is 1.67. The van der Waals surface area contributed by atoms with Gasteiger partial charge in [-0.15, -0.1) is 0 Å². The number of anilines is 1. The summed E-state index contributed by atoms with van der Waals surface area (Å²) in [4.78, 5) is 4.39. The Kier molecular flexibility index (Phi) is 6.71. The molecule has 0 atom stereocenters. The van der Waals surface area contributed by atoms with Gasteiger partial charge in [-0.3, -0.25) is 4.98 Å². The Hall–Kier alpha value is -2.75. The largest absolute Gasteiger partial charge is 0.497 e. The quantitative estimate of drug-likeness (QED) is 0.504. The second-order valence-electron chi connectivity index (χ2n) is 6.24. The van der Waals surface area contributed by atoms with Crippen LogP contribution in [0.25, 0.3) is 10.9 Å². The summed E-state index contributed by atoms with van der Waals surface area (Å²) in [6, 6.07) is 18.0. The number of benzene rings is 2. The molecule has 0 bridgehead atoms. The lowest BCUT2D eigenvalue weighted by molar-refractivity contribution is 0.304. The Morgan fingerprint density at radius 1 is 0.846 bits per heavy atom. The van der Waals surface area contributed by atoms with Gasteiger partial charge in [-0.05, 0) is 49.2 Å². The van der Waals surface area contributed by atoms with Crippen molar-refractivity contribution in [1.82, 2.24) is 4.98 Å². The lowest BCUT2D eigenvalue weighted by atomic mass is 10.1. The normalized spacial score (nSPS) is 10.7. The van der Waals surface area contributed by atoms with Crippen LogP contribution in [-0.2, 0) is 0 Å². The fourth-order valence-corrected chi connectivity index (χ4v) is 2.92. The van der Waals surface area contributed by atoms with Crippen molar-refractivity contribution in [2.45, 2.75) is 25.7 Å². The fraction of sp³-hybridized carbons (Fsp3) is 0.318. The van der Waals surface area contributed by atoms with Crippen LogP contribution in [0.4, 0.5) is 5.69 Å². The summed E-state index contributed by atoms with van der Waals surface area (Å²) in [6.07, 6.45) is 6.46. The third kappa shape index (κ3) is 5.12. The number of pyridine rings is 1. The van der Waals surface area contributed by atoms with E-state index in [1.807, 2.05) is 48.7 Å². The molecule has 26 heavy (non-hydrogen) atoms. The minimum absolute atomic E-state index is 0.759. The fourth-order valence-electron chi connectivity index (χ4n) is 2.92. The second-order valence-corrected chi connectivity index (χ2v) is 6.24. The lowest BCUT2D eigenvalue weighted by Crippen LogP contribution is -2.03. The van der Waals surface area contributed by atoms with Gasteiger partial charge in [0.05, 0.1) is 19.2 Å². The topological polar surface area (TPSA) is 43.4 Å². The van der Waals surface area contributed by atoms with Crippen molar-refractivity contribution in [3.05, 3.63) is 60.8 Å². The number of hydrogen-bond acceptors (Lipinski definition) is 4. The van der Waals surface area contributed by atoms with Crippen LogP contribution in [-0.4, -0.2) is 25.2 Å². The first kappa shape index (κ1) is 18.1. The zero-order chi connectivity index (χ0) is 18.0. The molecule has 4 heteroatoms. The van der Waals surface area contributed by atoms with E-state index < -0.39 is 0 Å². The highest BCUT2D eigenvalue weighted by molar-refractivity contribution is 5.90. The van der Waals surface area contributed by atoms with E-state index in [0.29, 0.717) is 0 Å². The number of hydrogen-bond donors (Lipinski definition) is 1. The molecule has 0 amide bonds. The zero-order valence-corrected chi connectivity index (χ0v) is 15.3. The van der Waals surface area contributed by atoms with Gasteiger partial charge in [0, 0.05) is 23.8 Å². The second kappa shape index (κ2) is 9.66. The number of para-hydroxylation sites is 1. The molecule has 3 aromatic rings.